The van der Waals surface area contributed by atoms with Gasteiger partial charge in [0.2, 0.25) is 0 Å². The van der Waals surface area contributed by atoms with E-state index in [-0.39, 0.29) is 12.5 Å². The number of halogens is 1. The van der Waals surface area contributed by atoms with Gasteiger partial charge >= 0.3 is 0 Å². The number of ether oxygens (including phenoxy) is 2. The maximum absolute atomic E-state index is 12.2. The summed E-state index contributed by atoms with van der Waals surface area (Å²) in [7, 11) is 1.54. The zero-order valence-electron chi connectivity index (χ0n) is 14.1. The monoisotopic (exact) mass is 347 g/mol. The number of nitrogens with one attached hydrogen (secondary N) is 1. The summed E-state index contributed by atoms with van der Waals surface area (Å²) < 4.78 is 10.9. The van der Waals surface area contributed by atoms with E-state index in [0.717, 1.165) is 17.7 Å². The van der Waals surface area contributed by atoms with Crippen LogP contribution in [0.3, 0.4) is 0 Å². The van der Waals surface area contributed by atoms with E-state index in [2.05, 4.69) is 19.2 Å². The summed E-state index contributed by atoms with van der Waals surface area (Å²) in [6.45, 7) is 4.18. The summed E-state index contributed by atoms with van der Waals surface area (Å²) in [5.41, 5.74) is 1.63. The van der Waals surface area contributed by atoms with Crippen LogP contribution in [0.2, 0.25) is 5.02 Å². The van der Waals surface area contributed by atoms with Gasteiger partial charge in [0.1, 0.15) is 11.5 Å². The summed E-state index contributed by atoms with van der Waals surface area (Å²) in [4.78, 5) is 12.2. The van der Waals surface area contributed by atoms with Gasteiger partial charge in [-0.25, -0.2) is 0 Å². The number of anilines is 1. The van der Waals surface area contributed by atoms with Crippen LogP contribution >= 0.6 is 11.6 Å². The van der Waals surface area contributed by atoms with Crippen molar-refractivity contribution in [2.45, 2.75) is 26.2 Å². The predicted octanol–water partition coefficient (Wildman–Crippen LogP) is 4.88. The van der Waals surface area contributed by atoms with Crippen LogP contribution < -0.4 is 14.8 Å². The molecule has 0 saturated carbocycles. The zero-order chi connectivity index (χ0) is 17.5. The number of para-hydroxylation sites is 1. The smallest absolute Gasteiger partial charge is 0.262 e. The van der Waals surface area contributed by atoms with Crippen molar-refractivity contribution in [3.05, 3.63) is 53.1 Å². The molecule has 1 amide bonds. The van der Waals surface area contributed by atoms with Crippen molar-refractivity contribution in [3.8, 4) is 11.5 Å². The Hall–Kier alpha value is -2.20. The SMILES string of the molecule is CCC(C)c1ccccc1OCC(=O)Nc1cc(Cl)ccc1OC. The predicted molar refractivity (Wildman–Crippen MR) is 97.3 cm³/mol. The summed E-state index contributed by atoms with van der Waals surface area (Å²) in [5.74, 6) is 1.39. The van der Waals surface area contributed by atoms with Crippen molar-refractivity contribution in [3.63, 3.8) is 0 Å². The Bertz CT molecular complexity index is 703. The second kappa shape index (κ2) is 8.60. The fourth-order valence-corrected chi connectivity index (χ4v) is 2.52. The van der Waals surface area contributed by atoms with E-state index in [1.54, 1.807) is 18.2 Å². The molecule has 0 aromatic heterocycles. The zero-order valence-corrected chi connectivity index (χ0v) is 14.9. The van der Waals surface area contributed by atoms with Crippen molar-refractivity contribution in [2.75, 3.05) is 19.0 Å². The molecule has 0 aliphatic carbocycles. The molecule has 0 bridgehead atoms. The van der Waals surface area contributed by atoms with E-state index in [1.807, 2.05) is 24.3 Å². The van der Waals surface area contributed by atoms with E-state index in [9.17, 15) is 4.79 Å². The second-order valence-corrected chi connectivity index (χ2v) is 5.97. The van der Waals surface area contributed by atoms with Gasteiger partial charge < -0.3 is 14.8 Å². The lowest BCUT2D eigenvalue weighted by Crippen LogP contribution is -2.21. The number of hydrogen-bond acceptors (Lipinski definition) is 3. The Labute approximate surface area is 147 Å². The largest absolute Gasteiger partial charge is 0.495 e. The number of hydrogen-bond donors (Lipinski definition) is 1. The van der Waals surface area contributed by atoms with Crippen LogP contribution in [0.15, 0.2) is 42.5 Å². The van der Waals surface area contributed by atoms with Crippen molar-refractivity contribution < 1.29 is 14.3 Å². The molecule has 0 saturated heterocycles. The van der Waals surface area contributed by atoms with Crippen LogP contribution in [-0.4, -0.2) is 19.6 Å². The highest BCUT2D eigenvalue weighted by Gasteiger charge is 2.12. The van der Waals surface area contributed by atoms with Crippen LogP contribution in [-0.2, 0) is 4.79 Å². The van der Waals surface area contributed by atoms with Crippen molar-refractivity contribution in [2.24, 2.45) is 0 Å². The number of amides is 1. The Balaban J connectivity index is 2.03. The molecule has 0 spiro atoms. The number of methoxy groups -OCH3 is 1. The van der Waals surface area contributed by atoms with Gasteiger partial charge in [-0.1, -0.05) is 43.6 Å². The lowest BCUT2D eigenvalue weighted by molar-refractivity contribution is -0.118. The average molecular weight is 348 g/mol. The molecule has 1 unspecified atom stereocenters. The molecule has 0 aliphatic rings. The molecule has 1 atom stereocenters. The van der Waals surface area contributed by atoms with Gasteiger partial charge in [0, 0.05) is 5.02 Å². The molecule has 5 heteroatoms. The molecule has 0 radical (unpaired) electrons. The van der Waals surface area contributed by atoms with Crippen molar-refractivity contribution in [1.29, 1.82) is 0 Å². The lowest BCUT2D eigenvalue weighted by atomic mass is 9.98. The minimum Gasteiger partial charge on any atom is -0.495 e. The molecule has 24 heavy (non-hydrogen) atoms. The highest BCUT2D eigenvalue weighted by molar-refractivity contribution is 6.31. The maximum atomic E-state index is 12.2. The van der Waals surface area contributed by atoms with Gasteiger partial charge in [0.05, 0.1) is 12.8 Å². The molecule has 2 aromatic rings. The Kier molecular flexibility index (Phi) is 6.50. The average Bonchev–Trinajstić information content (AvgIpc) is 2.59. The minimum absolute atomic E-state index is 0.0802. The molecule has 0 fully saturated rings. The van der Waals surface area contributed by atoms with Gasteiger partial charge in [-0.15, -0.1) is 0 Å². The van der Waals surface area contributed by atoms with Crippen LogP contribution in [0, 0.1) is 0 Å². The van der Waals surface area contributed by atoms with Gasteiger partial charge in [0.15, 0.2) is 6.61 Å². The molecule has 128 valence electrons. The topological polar surface area (TPSA) is 47.6 Å². The fourth-order valence-electron chi connectivity index (χ4n) is 2.35. The number of carbonyl (C=O) groups excluding carboxylic acids is 1. The third-order valence-corrected chi connectivity index (χ3v) is 4.09. The van der Waals surface area contributed by atoms with Crippen LogP contribution in [0.1, 0.15) is 31.7 Å². The number of rotatable bonds is 7. The second-order valence-electron chi connectivity index (χ2n) is 5.53. The normalized spacial score (nSPS) is 11.7. The lowest BCUT2D eigenvalue weighted by Gasteiger charge is -2.16. The minimum atomic E-state index is -0.269. The van der Waals surface area contributed by atoms with Crippen LogP contribution in [0.5, 0.6) is 11.5 Å². The Morgan fingerprint density at radius 2 is 1.96 bits per heavy atom. The summed E-state index contributed by atoms with van der Waals surface area (Å²) >= 11 is 5.96. The summed E-state index contributed by atoms with van der Waals surface area (Å²) in [5, 5.41) is 3.28. The quantitative estimate of drug-likeness (QED) is 0.776. The molecule has 0 heterocycles. The van der Waals surface area contributed by atoms with E-state index < -0.39 is 0 Å². The van der Waals surface area contributed by atoms with Crippen molar-refractivity contribution in [1.82, 2.24) is 0 Å². The number of carbonyl (C=O) groups is 1. The van der Waals surface area contributed by atoms with E-state index in [1.165, 1.54) is 7.11 Å². The fraction of sp³-hybridized carbons (Fsp3) is 0.316. The standard InChI is InChI=1S/C19H22ClNO3/c1-4-13(2)15-7-5-6-8-17(15)24-12-19(22)21-16-11-14(20)9-10-18(16)23-3/h5-11,13H,4,12H2,1-3H3,(H,21,22). The molecule has 1 N–H and O–H groups in total. The highest BCUT2D eigenvalue weighted by atomic mass is 35.5. The first-order chi connectivity index (χ1) is 11.5. The van der Waals surface area contributed by atoms with E-state index >= 15 is 0 Å². The summed E-state index contributed by atoms with van der Waals surface area (Å²) in [6, 6.07) is 12.8. The van der Waals surface area contributed by atoms with Gasteiger partial charge in [-0.05, 0) is 42.2 Å². The third kappa shape index (κ3) is 4.65. The molecular formula is C19H22ClNO3. The van der Waals surface area contributed by atoms with E-state index in [4.69, 9.17) is 21.1 Å². The molecule has 2 aromatic carbocycles. The van der Waals surface area contributed by atoms with Crippen molar-refractivity contribution >= 4 is 23.2 Å². The molecule has 4 nitrogen and oxygen atoms in total. The number of benzene rings is 2. The van der Waals surface area contributed by atoms with Gasteiger partial charge in [-0.3, -0.25) is 4.79 Å². The van der Waals surface area contributed by atoms with Gasteiger partial charge in [0.25, 0.3) is 5.91 Å². The molecular weight excluding hydrogens is 326 g/mol. The van der Waals surface area contributed by atoms with Crippen LogP contribution in [0.4, 0.5) is 5.69 Å². The van der Waals surface area contributed by atoms with Crippen LogP contribution in [0.25, 0.3) is 0 Å². The first-order valence-corrected chi connectivity index (χ1v) is 8.28. The Morgan fingerprint density at radius 3 is 2.67 bits per heavy atom. The summed E-state index contributed by atoms with van der Waals surface area (Å²) in [6.07, 6.45) is 1.01. The maximum Gasteiger partial charge on any atom is 0.262 e. The van der Waals surface area contributed by atoms with E-state index in [0.29, 0.717) is 22.4 Å². The molecule has 2 rings (SSSR count). The highest BCUT2D eigenvalue weighted by Crippen LogP contribution is 2.29. The Morgan fingerprint density at radius 1 is 1.21 bits per heavy atom. The third-order valence-electron chi connectivity index (χ3n) is 3.86. The molecule has 0 aliphatic heterocycles. The van der Waals surface area contributed by atoms with Gasteiger partial charge in [-0.2, -0.15) is 0 Å². The first kappa shape index (κ1) is 18.1. The first-order valence-electron chi connectivity index (χ1n) is 7.90.